The Balaban J connectivity index is 2.36. The van der Waals surface area contributed by atoms with Crippen molar-refractivity contribution < 1.29 is 17.9 Å². The molecule has 0 aliphatic carbocycles. The van der Waals surface area contributed by atoms with E-state index in [0.717, 1.165) is 16.4 Å². The zero-order chi connectivity index (χ0) is 15.6. The SMILES string of the molecule is CC(c1ccccc1O)N(C)S(=O)(=O)c1ccc(F)cc1. The average Bonchev–Trinajstić information content (AvgIpc) is 2.46. The summed E-state index contributed by atoms with van der Waals surface area (Å²) in [6.07, 6.45) is 0. The van der Waals surface area contributed by atoms with Crippen LogP contribution in [0.3, 0.4) is 0 Å². The number of nitrogens with zero attached hydrogens (tertiary/aromatic N) is 1. The highest BCUT2D eigenvalue weighted by molar-refractivity contribution is 7.89. The Kier molecular flexibility index (Phi) is 4.29. The topological polar surface area (TPSA) is 57.6 Å². The Morgan fingerprint density at radius 1 is 1.10 bits per heavy atom. The number of halogens is 1. The molecule has 0 fully saturated rings. The molecule has 0 aliphatic rings. The van der Waals surface area contributed by atoms with Gasteiger partial charge in [-0.1, -0.05) is 18.2 Å². The van der Waals surface area contributed by atoms with Gasteiger partial charge in [0, 0.05) is 12.6 Å². The quantitative estimate of drug-likeness (QED) is 0.944. The van der Waals surface area contributed by atoms with Crippen molar-refractivity contribution in [1.29, 1.82) is 0 Å². The molecule has 0 aromatic heterocycles. The second-order valence-electron chi connectivity index (χ2n) is 4.71. The highest BCUT2D eigenvalue weighted by atomic mass is 32.2. The Labute approximate surface area is 123 Å². The van der Waals surface area contributed by atoms with E-state index in [2.05, 4.69) is 0 Å². The molecule has 0 bridgehead atoms. The van der Waals surface area contributed by atoms with Crippen LogP contribution in [0.15, 0.2) is 53.4 Å². The first-order valence-electron chi connectivity index (χ1n) is 6.35. The monoisotopic (exact) mass is 309 g/mol. The molecular weight excluding hydrogens is 293 g/mol. The fraction of sp³-hybridized carbons (Fsp3) is 0.200. The fourth-order valence-electron chi connectivity index (χ4n) is 2.02. The van der Waals surface area contributed by atoms with E-state index < -0.39 is 21.9 Å². The van der Waals surface area contributed by atoms with Gasteiger partial charge in [0.2, 0.25) is 10.0 Å². The minimum atomic E-state index is -3.76. The van der Waals surface area contributed by atoms with E-state index in [4.69, 9.17) is 0 Å². The van der Waals surface area contributed by atoms with Gasteiger partial charge in [0.05, 0.1) is 10.9 Å². The lowest BCUT2D eigenvalue weighted by atomic mass is 10.1. The normalized spacial score (nSPS) is 13.3. The molecule has 0 amide bonds. The third kappa shape index (κ3) is 3.06. The van der Waals surface area contributed by atoms with Crippen molar-refractivity contribution in [3.8, 4) is 5.75 Å². The van der Waals surface area contributed by atoms with Crippen LogP contribution in [0.1, 0.15) is 18.5 Å². The smallest absolute Gasteiger partial charge is 0.243 e. The van der Waals surface area contributed by atoms with E-state index in [-0.39, 0.29) is 10.6 Å². The van der Waals surface area contributed by atoms with Gasteiger partial charge in [0.25, 0.3) is 0 Å². The maximum atomic E-state index is 12.9. The second kappa shape index (κ2) is 5.83. The van der Waals surface area contributed by atoms with E-state index >= 15 is 0 Å². The number of aromatic hydroxyl groups is 1. The van der Waals surface area contributed by atoms with Crippen LogP contribution < -0.4 is 0 Å². The number of rotatable bonds is 4. The van der Waals surface area contributed by atoms with Crippen LogP contribution in [0.4, 0.5) is 4.39 Å². The van der Waals surface area contributed by atoms with Crippen LogP contribution >= 0.6 is 0 Å². The molecular formula is C15H16FNO3S. The minimum Gasteiger partial charge on any atom is -0.508 e. The molecule has 21 heavy (non-hydrogen) atoms. The fourth-order valence-corrected chi connectivity index (χ4v) is 3.36. The van der Waals surface area contributed by atoms with Crippen LogP contribution in [-0.4, -0.2) is 24.9 Å². The molecule has 2 aromatic rings. The number of hydrogen-bond donors (Lipinski definition) is 1. The molecule has 2 aromatic carbocycles. The van der Waals surface area contributed by atoms with E-state index in [1.54, 1.807) is 25.1 Å². The first kappa shape index (κ1) is 15.5. The van der Waals surface area contributed by atoms with Crippen LogP contribution in [0.25, 0.3) is 0 Å². The minimum absolute atomic E-state index is 0.00803. The molecule has 0 radical (unpaired) electrons. The lowest BCUT2D eigenvalue weighted by Crippen LogP contribution is -2.29. The average molecular weight is 309 g/mol. The van der Waals surface area contributed by atoms with Crippen molar-refractivity contribution in [3.63, 3.8) is 0 Å². The summed E-state index contributed by atoms with van der Waals surface area (Å²) in [4.78, 5) is 0.00803. The number of sulfonamides is 1. The van der Waals surface area contributed by atoms with Gasteiger partial charge in [-0.2, -0.15) is 4.31 Å². The van der Waals surface area contributed by atoms with Crippen LogP contribution in [0.2, 0.25) is 0 Å². The summed E-state index contributed by atoms with van der Waals surface area (Å²) in [5.41, 5.74) is 0.505. The maximum Gasteiger partial charge on any atom is 0.243 e. The first-order valence-corrected chi connectivity index (χ1v) is 7.79. The van der Waals surface area contributed by atoms with Gasteiger partial charge in [0.1, 0.15) is 11.6 Å². The molecule has 2 rings (SSSR count). The zero-order valence-electron chi connectivity index (χ0n) is 11.7. The molecule has 0 spiro atoms. The standard InChI is InChI=1S/C15H16FNO3S/c1-11(14-5-3-4-6-15(14)18)17(2)21(19,20)13-9-7-12(16)8-10-13/h3-11,18H,1-2H3. The highest BCUT2D eigenvalue weighted by Gasteiger charge is 2.27. The third-order valence-corrected chi connectivity index (χ3v) is 5.37. The second-order valence-corrected chi connectivity index (χ2v) is 6.71. The molecule has 1 unspecified atom stereocenters. The van der Waals surface area contributed by atoms with Gasteiger partial charge >= 0.3 is 0 Å². The molecule has 1 N–H and O–H groups in total. The summed E-state index contributed by atoms with van der Waals surface area (Å²) in [7, 11) is -2.34. The Morgan fingerprint density at radius 2 is 1.67 bits per heavy atom. The van der Waals surface area contributed by atoms with Crippen molar-refractivity contribution in [1.82, 2.24) is 4.31 Å². The summed E-state index contributed by atoms with van der Waals surface area (Å²) in [6, 6.07) is 10.7. The summed E-state index contributed by atoms with van der Waals surface area (Å²) >= 11 is 0. The van der Waals surface area contributed by atoms with Crippen LogP contribution in [0.5, 0.6) is 5.75 Å². The molecule has 0 heterocycles. The summed E-state index contributed by atoms with van der Waals surface area (Å²) in [6.45, 7) is 1.68. The van der Waals surface area contributed by atoms with Crippen LogP contribution in [0, 0.1) is 5.82 Å². The molecule has 0 aliphatic heterocycles. The number of phenolic OH excluding ortho intramolecular Hbond substituents is 1. The van der Waals surface area contributed by atoms with Gasteiger partial charge < -0.3 is 5.11 Å². The zero-order valence-corrected chi connectivity index (χ0v) is 12.5. The summed E-state index contributed by atoms with van der Waals surface area (Å²) < 4.78 is 39.0. The highest BCUT2D eigenvalue weighted by Crippen LogP contribution is 2.30. The Morgan fingerprint density at radius 3 is 2.24 bits per heavy atom. The number of hydrogen-bond acceptors (Lipinski definition) is 3. The van der Waals surface area contributed by atoms with Crippen molar-refractivity contribution in [2.24, 2.45) is 0 Å². The lowest BCUT2D eigenvalue weighted by Gasteiger charge is -2.25. The van der Waals surface area contributed by atoms with Gasteiger partial charge in [-0.3, -0.25) is 0 Å². The van der Waals surface area contributed by atoms with Crippen molar-refractivity contribution >= 4 is 10.0 Å². The predicted molar refractivity (Wildman–Crippen MR) is 77.9 cm³/mol. The Bertz CT molecular complexity index is 729. The van der Waals surface area contributed by atoms with Gasteiger partial charge in [-0.05, 0) is 37.3 Å². The summed E-state index contributed by atoms with van der Waals surface area (Å²) in [5, 5.41) is 9.83. The van der Waals surface area contributed by atoms with E-state index in [1.165, 1.54) is 25.2 Å². The van der Waals surface area contributed by atoms with Crippen LogP contribution in [-0.2, 0) is 10.0 Å². The molecule has 0 saturated heterocycles. The summed E-state index contributed by atoms with van der Waals surface area (Å²) in [5.74, 6) is -0.462. The van der Waals surface area contributed by atoms with E-state index in [0.29, 0.717) is 5.56 Å². The predicted octanol–water partition coefficient (Wildman–Crippen LogP) is 2.91. The van der Waals surface area contributed by atoms with Gasteiger partial charge in [0.15, 0.2) is 0 Å². The molecule has 112 valence electrons. The van der Waals surface area contributed by atoms with Gasteiger partial charge in [-0.15, -0.1) is 0 Å². The Hall–Kier alpha value is -1.92. The first-order chi connectivity index (χ1) is 9.84. The van der Waals surface area contributed by atoms with Crippen molar-refractivity contribution in [2.45, 2.75) is 17.9 Å². The number of benzene rings is 2. The molecule has 1 atom stereocenters. The molecule has 0 saturated carbocycles. The van der Waals surface area contributed by atoms with E-state index in [1.807, 2.05) is 0 Å². The largest absolute Gasteiger partial charge is 0.508 e. The lowest BCUT2D eigenvalue weighted by molar-refractivity contribution is 0.381. The van der Waals surface area contributed by atoms with Crippen molar-refractivity contribution in [2.75, 3.05) is 7.05 Å². The van der Waals surface area contributed by atoms with Gasteiger partial charge in [-0.25, -0.2) is 12.8 Å². The van der Waals surface area contributed by atoms with Crippen molar-refractivity contribution in [3.05, 3.63) is 59.9 Å². The number of para-hydroxylation sites is 1. The third-order valence-electron chi connectivity index (χ3n) is 3.42. The number of phenols is 1. The molecule has 4 nitrogen and oxygen atoms in total. The van der Waals surface area contributed by atoms with E-state index in [9.17, 15) is 17.9 Å². The maximum absolute atomic E-state index is 12.9. The molecule has 6 heteroatoms.